The van der Waals surface area contributed by atoms with Crippen molar-refractivity contribution in [3.63, 3.8) is 0 Å². The lowest BCUT2D eigenvalue weighted by Gasteiger charge is -2.22. The van der Waals surface area contributed by atoms with E-state index in [0.29, 0.717) is 11.4 Å². The number of nitrogens with zero attached hydrogens (tertiary/aromatic N) is 1. The fourth-order valence-corrected chi connectivity index (χ4v) is 3.26. The Labute approximate surface area is 146 Å². The van der Waals surface area contributed by atoms with E-state index < -0.39 is 15.8 Å². The van der Waals surface area contributed by atoms with Crippen LogP contribution < -0.4 is 14.4 Å². The molecular formula is C17H19FN2O4S. The van der Waals surface area contributed by atoms with Crippen LogP contribution in [-0.2, 0) is 14.8 Å². The van der Waals surface area contributed by atoms with Gasteiger partial charge in [0.1, 0.15) is 11.6 Å². The topological polar surface area (TPSA) is 75.7 Å². The predicted molar refractivity (Wildman–Crippen MR) is 92.6 cm³/mol. The molecule has 25 heavy (non-hydrogen) atoms. The molecule has 0 aromatic heterocycles. The van der Waals surface area contributed by atoms with Gasteiger partial charge in [-0.3, -0.25) is 4.79 Å². The maximum Gasteiger partial charge on any atom is 0.240 e. The molecule has 0 atom stereocenters. The molecule has 8 heteroatoms. The molecule has 2 rings (SSSR count). The Balaban J connectivity index is 2.06. The van der Waals surface area contributed by atoms with Crippen LogP contribution in [0.1, 0.15) is 6.92 Å². The third-order valence-electron chi connectivity index (χ3n) is 3.50. The molecule has 0 unspecified atom stereocenters. The molecule has 0 saturated carbocycles. The predicted octanol–water partition coefficient (Wildman–Crippen LogP) is 2.17. The van der Waals surface area contributed by atoms with E-state index >= 15 is 0 Å². The van der Waals surface area contributed by atoms with Crippen LogP contribution in [0.2, 0.25) is 0 Å². The maximum atomic E-state index is 12.9. The zero-order valence-electron chi connectivity index (χ0n) is 13.9. The summed E-state index contributed by atoms with van der Waals surface area (Å²) in [5.41, 5.74) is 0.604. The third kappa shape index (κ3) is 5.01. The van der Waals surface area contributed by atoms with Crippen molar-refractivity contribution >= 4 is 21.6 Å². The standard InChI is InChI=1S/C17H19FN2O4S/c1-13(21)20(15-4-3-5-16(12-15)24-2)11-10-19-25(22,23)17-8-6-14(18)7-9-17/h3-9,12,19H,10-11H2,1-2H3. The number of rotatable bonds is 7. The summed E-state index contributed by atoms with van der Waals surface area (Å²) in [5, 5.41) is 0. The fraction of sp³-hybridized carbons (Fsp3) is 0.235. The molecular weight excluding hydrogens is 347 g/mol. The van der Waals surface area contributed by atoms with Gasteiger partial charge in [0.15, 0.2) is 0 Å². The lowest BCUT2D eigenvalue weighted by Crippen LogP contribution is -2.37. The van der Waals surface area contributed by atoms with Gasteiger partial charge in [-0.25, -0.2) is 17.5 Å². The number of halogens is 1. The summed E-state index contributed by atoms with van der Waals surface area (Å²) in [5.74, 6) is -0.149. The summed E-state index contributed by atoms with van der Waals surface area (Å²) >= 11 is 0. The van der Waals surface area contributed by atoms with Crippen molar-refractivity contribution in [2.45, 2.75) is 11.8 Å². The summed E-state index contributed by atoms with van der Waals surface area (Å²) in [6.07, 6.45) is 0. The van der Waals surface area contributed by atoms with Crippen molar-refractivity contribution in [2.24, 2.45) is 0 Å². The van der Waals surface area contributed by atoms with E-state index in [1.807, 2.05) is 0 Å². The molecule has 134 valence electrons. The minimum absolute atomic E-state index is 0.0104. The number of anilines is 1. The second-order valence-corrected chi connectivity index (χ2v) is 6.99. The molecule has 0 aliphatic carbocycles. The summed E-state index contributed by atoms with van der Waals surface area (Å²) in [4.78, 5) is 13.3. The molecule has 2 aromatic carbocycles. The SMILES string of the molecule is COc1cccc(N(CCNS(=O)(=O)c2ccc(F)cc2)C(C)=O)c1. The van der Waals surface area contributed by atoms with Gasteiger partial charge in [0.05, 0.1) is 12.0 Å². The Hall–Kier alpha value is -2.45. The second-order valence-electron chi connectivity index (χ2n) is 5.22. The molecule has 6 nitrogen and oxygen atoms in total. The van der Waals surface area contributed by atoms with Crippen LogP contribution in [0.4, 0.5) is 10.1 Å². The van der Waals surface area contributed by atoms with Gasteiger partial charge in [0, 0.05) is 31.8 Å². The van der Waals surface area contributed by atoms with Crippen LogP contribution in [0.3, 0.4) is 0 Å². The number of hydrogen-bond donors (Lipinski definition) is 1. The van der Waals surface area contributed by atoms with Crippen molar-refractivity contribution in [2.75, 3.05) is 25.1 Å². The van der Waals surface area contributed by atoms with Gasteiger partial charge in [-0.2, -0.15) is 0 Å². The monoisotopic (exact) mass is 366 g/mol. The average Bonchev–Trinajstić information content (AvgIpc) is 2.59. The molecule has 0 saturated heterocycles. The van der Waals surface area contributed by atoms with Crippen LogP contribution in [0, 0.1) is 5.82 Å². The first-order chi connectivity index (χ1) is 11.8. The van der Waals surface area contributed by atoms with Crippen molar-refractivity contribution in [3.05, 3.63) is 54.3 Å². The molecule has 0 aliphatic rings. The van der Waals surface area contributed by atoms with E-state index in [1.54, 1.807) is 24.3 Å². The van der Waals surface area contributed by atoms with Gasteiger partial charge in [-0.15, -0.1) is 0 Å². The van der Waals surface area contributed by atoms with Gasteiger partial charge in [-0.1, -0.05) is 6.07 Å². The molecule has 0 bridgehead atoms. The van der Waals surface area contributed by atoms with E-state index in [1.165, 1.54) is 31.1 Å². The molecule has 0 aliphatic heterocycles. The lowest BCUT2D eigenvalue weighted by atomic mass is 10.2. The molecule has 0 heterocycles. The number of ether oxygens (including phenoxy) is 1. The van der Waals surface area contributed by atoms with Gasteiger partial charge in [0.2, 0.25) is 15.9 Å². The number of hydrogen-bond acceptors (Lipinski definition) is 4. The third-order valence-corrected chi connectivity index (χ3v) is 4.97. The van der Waals surface area contributed by atoms with Crippen molar-refractivity contribution in [1.29, 1.82) is 0 Å². The maximum absolute atomic E-state index is 12.9. The molecule has 1 N–H and O–H groups in total. The Kier molecular flexibility index (Phi) is 6.11. The largest absolute Gasteiger partial charge is 0.497 e. The van der Waals surface area contributed by atoms with Gasteiger partial charge in [-0.05, 0) is 36.4 Å². The molecule has 0 spiro atoms. The number of carbonyl (C=O) groups excluding carboxylic acids is 1. The van der Waals surface area contributed by atoms with E-state index in [0.717, 1.165) is 12.1 Å². The van der Waals surface area contributed by atoms with Crippen LogP contribution in [-0.4, -0.2) is 34.5 Å². The van der Waals surface area contributed by atoms with Crippen LogP contribution in [0.25, 0.3) is 0 Å². The number of methoxy groups -OCH3 is 1. The van der Waals surface area contributed by atoms with Crippen LogP contribution >= 0.6 is 0 Å². The Morgan fingerprint density at radius 3 is 2.48 bits per heavy atom. The molecule has 0 fully saturated rings. The Bertz CT molecular complexity index is 838. The van der Waals surface area contributed by atoms with Gasteiger partial charge in [0.25, 0.3) is 0 Å². The normalized spacial score (nSPS) is 11.2. The summed E-state index contributed by atoms with van der Waals surface area (Å²) < 4.78 is 44.8. The van der Waals surface area contributed by atoms with E-state index in [4.69, 9.17) is 4.74 Å². The number of nitrogens with one attached hydrogen (secondary N) is 1. The lowest BCUT2D eigenvalue weighted by molar-refractivity contribution is -0.116. The van der Waals surface area contributed by atoms with E-state index in [9.17, 15) is 17.6 Å². The van der Waals surface area contributed by atoms with Crippen molar-refractivity contribution in [1.82, 2.24) is 4.72 Å². The highest BCUT2D eigenvalue weighted by Crippen LogP contribution is 2.21. The Morgan fingerprint density at radius 1 is 1.20 bits per heavy atom. The number of carbonyl (C=O) groups is 1. The summed E-state index contributed by atoms with van der Waals surface area (Å²) in [7, 11) is -2.25. The zero-order chi connectivity index (χ0) is 18.4. The molecule has 0 radical (unpaired) electrons. The first-order valence-corrected chi connectivity index (χ1v) is 8.99. The quantitative estimate of drug-likeness (QED) is 0.815. The zero-order valence-corrected chi connectivity index (χ0v) is 14.7. The Morgan fingerprint density at radius 2 is 1.88 bits per heavy atom. The van der Waals surface area contributed by atoms with Gasteiger partial charge < -0.3 is 9.64 Å². The minimum Gasteiger partial charge on any atom is -0.497 e. The highest BCUT2D eigenvalue weighted by molar-refractivity contribution is 7.89. The smallest absolute Gasteiger partial charge is 0.240 e. The van der Waals surface area contributed by atoms with Gasteiger partial charge >= 0.3 is 0 Å². The van der Waals surface area contributed by atoms with Crippen LogP contribution in [0.5, 0.6) is 5.75 Å². The number of amides is 1. The summed E-state index contributed by atoms with van der Waals surface area (Å²) in [6, 6.07) is 11.4. The average molecular weight is 366 g/mol. The number of benzene rings is 2. The van der Waals surface area contributed by atoms with E-state index in [-0.39, 0.29) is 23.9 Å². The molecule has 2 aromatic rings. The van der Waals surface area contributed by atoms with Crippen LogP contribution in [0.15, 0.2) is 53.4 Å². The highest BCUT2D eigenvalue weighted by Gasteiger charge is 2.16. The first kappa shape index (κ1) is 18.9. The highest BCUT2D eigenvalue weighted by atomic mass is 32.2. The summed E-state index contributed by atoms with van der Waals surface area (Å²) in [6.45, 7) is 1.55. The second kappa shape index (κ2) is 8.09. The number of sulfonamides is 1. The molecule has 1 amide bonds. The van der Waals surface area contributed by atoms with E-state index in [2.05, 4.69) is 4.72 Å². The van der Waals surface area contributed by atoms with Crippen molar-refractivity contribution in [3.8, 4) is 5.75 Å². The fourth-order valence-electron chi connectivity index (χ4n) is 2.24. The minimum atomic E-state index is -3.77. The van der Waals surface area contributed by atoms with Crippen molar-refractivity contribution < 1.29 is 22.3 Å². The first-order valence-electron chi connectivity index (χ1n) is 7.51.